The molecule has 0 fully saturated rings. The van der Waals surface area contributed by atoms with Gasteiger partial charge in [-0.15, -0.1) is 5.10 Å². The van der Waals surface area contributed by atoms with Gasteiger partial charge in [0.25, 0.3) is 11.7 Å². The van der Waals surface area contributed by atoms with Gasteiger partial charge in [0.05, 0.1) is 22.6 Å². The summed E-state index contributed by atoms with van der Waals surface area (Å²) in [6.07, 6.45) is 1.47. The maximum Gasteiger partial charge on any atom is 0.342 e. The van der Waals surface area contributed by atoms with Crippen LogP contribution in [-0.4, -0.2) is 33.2 Å². The van der Waals surface area contributed by atoms with Crippen LogP contribution >= 0.6 is 23.4 Å². The number of benzene rings is 3. The Kier molecular flexibility index (Phi) is 6.84. The van der Waals surface area contributed by atoms with Crippen LogP contribution in [0.5, 0.6) is 5.75 Å². The zero-order valence-corrected chi connectivity index (χ0v) is 18.3. The van der Waals surface area contributed by atoms with Crippen molar-refractivity contribution in [1.82, 2.24) is 15.6 Å². The van der Waals surface area contributed by atoms with Gasteiger partial charge in [0.2, 0.25) is 0 Å². The summed E-state index contributed by atoms with van der Waals surface area (Å²) in [6, 6.07) is 23.8. The van der Waals surface area contributed by atoms with E-state index in [0.717, 1.165) is 17.1 Å². The number of nitrogens with zero attached hydrogens (tertiary/aromatic N) is 3. The molecule has 160 valence electrons. The molecule has 3 aromatic carbocycles. The van der Waals surface area contributed by atoms with Crippen molar-refractivity contribution in [2.24, 2.45) is 5.10 Å². The largest absolute Gasteiger partial charge is 0.508 e. The molecular weight excluding hydrogens is 446 g/mol. The average molecular weight is 465 g/mol. The Hall–Kier alpha value is -3.62. The number of thioether (sulfide) groups is 1. The number of aromatic hydroxyl groups is 1. The Morgan fingerprint density at radius 3 is 2.66 bits per heavy atom. The lowest BCUT2D eigenvalue weighted by atomic mass is 10.2. The quantitative estimate of drug-likeness (QED) is 0.167. The number of hydrazone groups is 1. The molecule has 0 aliphatic heterocycles. The monoisotopic (exact) mass is 464 g/mol. The molecule has 0 bridgehead atoms. The first kappa shape index (κ1) is 21.6. The van der Waals surface area contributed by atoms with Crippen LogP contribution in [0.2, 0.25) is 5.02 Å². The highest BCUT2D eigenvalue weighted by Gasteiger charge is 2.24. The Morgan fingerprint density at radius 1 is 1.12 bits per heavy atom. The van der Waals surface area contributed by atoms with Gasteiger partial charge in [-0.2, -0.15) is 9.67 Å². The predicted octanol–water partition coefficient (Wildman–Crippen LogP) is 3.95. The number of hydrogen-bond acceptors (Lipinski definition) is 5. The Bertz CT molecular complexity index is 1240. The summed E-state index contributed by atoms with van der Waals surface area (Å²) in [5.41, 5.74) is 5.00. The molecule has 1 amide bonds. The van der Waals surface area contributed by atoms with Crippen LogP contribution in [0, 0.1) is 0 Å². The third-order valence-electron chi connectivity index (χ3n) is 4.41. The zero-order chi connectivity index (χ0) is 22.3. The molecule has 0 saturated carbocycles. The molecule has 0 aliphatic carbocycles. The SMILES string of the molecule is O=C(CSc1n[nH]c(-c2ccccc2)[n+]1-c1ccc(Cl)cc1)N/N=C/c1cccc(O)c1. The minimum absolute atomic E-state index is 0.115. The maximum absolute atomic E-state index is 12.3. The summed E-state index contributed by atoms with van der Waals surface area (Å²) in [4.78, 5) is 12.3. The molecule has 4 rings (SSSR count). The second-order valence-corrected chi connectivity index (χ2v) is 8.09. The van der Waals surface area contributed by atoms with Crippen molar-refractivity contribution >= 4 is 35.5 Å². The van der Waals surface area contributed by atoms with Crippen molar-refractivity contribution in [3.63, 3.8) is 0 Å². The van der Waals surface area contributed by atoms with Gasteiger partial charge >= 0.3 is 5.16 Å². The number of carbonyl (C=O) groups excluding carboxylic acids is 1. The minimum atomic E-state index is -0.279. The third kappa shape index (κ3) is 5.35. The molecule has 1 heterocycles. The number of phenolic OH excluding ortho intramolecular Hbond substituents is 1. The second-order valence-electron chi connectivity index (χ2n) is 6.71. The van der Waals surface area contributed by atoms with Crippen LogP contribution in [0.4, 0.5) is 0 Å². The smallest absolute Gasteiger partial charge is 0.342 e. The van der Waals surface area contributed by atoms with Crippen molar-refractivity contribution in [2.75, 3.05) is 5.75 Å². The van der Waals surface area contributed by atoms with Gasteiger partial charge in [0.1, 0.15) is 11.4 Å². The van der Waals surface area contributed by atoms with Crippen LogP contribution in [0.3, 0.4) is 0 Å². The summed E-state index contributed by atoms with van der Waals surface area (Å²) < 4.78 is 1.94. The minimum Gasteiger partial charge on any atom is -0.508 e. The van der Waals surface area contributed by atoms with Gasteiger partial charge in [0, 0.05) is 5.02 Å². The first-order chi connectivity index (χ1) is 15.6. The molecule has 0 radical (unpaired) electrons. The molecule has 0 unspecified atom stereocenters. The average Bonchev–Trinajstić information content (AvgIpc) is 3.23. The van der Waals surface area contributed by atoms with E-state index in [1.54, 1.807) is 24.3 Å². The number of halogens is 1. The van der Waals surface area contributed by atoms with Crippen molar-refractivity contribution in [2.45, 2.75) is 5.16 Å². The molecule has 32 heavy (non-hydrogen) atoms. The number of nitrogens with one attached hydrogen (secondary N) is 2. The van der Waals surface area contributed by atoms with E-state index in [2.05, 4.69) is 20.7 Å². The van der Waals surface area contributed by atoms with Crippen LogP contribution in [0.25, 0.3) is 17.1 Å². The lowest BCUT2D eigenvalue weighted by Crippen LogP contribution is -2.34. The summed E-state index contributed by atoms with van der Waals surface area (Å²) in [5, 5.41) is 22.2. The van der Waals surface area contributed by atoms with Crippen LogP contribution < -0.4 is 9.99 Å². The highest BCUT2D eigenvalue weighted by Crippen LogP contribution is 2.21. The number of rotatable bonds is 7. The van der Waals surface area contributed by atoms with E-state index >= 15 is 0 Å². The fourth-order valence-electron chi connectivity index (χ4n) is 2.96. The summed E-state index contributed by atoms with van der Waals surface area (Å²) in [7, 11) is 0. The standard InChI is InChI=1S/C23H18ClN5O2S/c24-18-9-11-19(12-10-18)29-22(17-6-2-1-3-7-17)27-28-23(29)32-15-21(31)26-25-14-16-5-4-8-20(30)13-16/h1-14H,15H2,(H2,26,30,31)/p+1/b25-14+. The Morgan fingerprint density at radius 2 is 1.91 bits per heavy atom. The summed E-state index contributed by atoms with van der Waals surface area (Å²) in [5.74, 6) is 0.760. The normalized spacial score (nSPS) is 11.0. The van der Waals surface area contributed by atoms with Crippen molar-refractivity contribution in [3.05, 3.63) is 89.4 Å². The maximum atomic E-state index is 12.3. The number of amides is 1. The molecule has 7 nitrogen and oxygen atoms in total. The highest BCUT2D eigenvalue weighted by atomic mass is 35.5. The Labute approximate surface area is 193 Å². The predicted molar refractivity (Wildman–Crippen MR) is 125 cm³/mol. The first-order valence-electron chi connectivity index (χ1n) is 9.65. The highest BCUT2D eigenvalue weighted by molar-refractivity contribution is 7.99. The van der Waals surface area contributed by atoms with E-state index in [4.69, 9.17) is 11.6 Å². The van der Waals surface area contributed by atoms with Gasteiger partial charge < -0.3 is 5.11 Å². The molecule has 0 saturated heterocycles. The lowest BCUT2D eigenvalue weighted by molar-refractivity contribution is -0.625. The van der Waals surface area contributed by atoms with Crippen molar-refractivity contribution < 1.29 is 14.5 Å². The van der Waals surface area contributed by atoms with Crippen LogP contribution in [0.15, 0.2) is 89.1 Å². The van der Waals surface area contributed by atoms with Gasteiger partial charge in [-0.05, 0) is 65.9 Å². The topological polar surface area (TPSA) is 94.3 Å². The molecule has 4 aromatic rings. The Balaban J connectivity index is 1.50. The van der Waals surface area contributed by atoms with E-state index in [-0.39, 0.29) is 17.4 Å². The van der Waals surface area contributed by atoms with E-state index < -0.39 is 0 Å². The van der Waals surface area contributed by atoms with Gasteiger partial charge in [-0.25, -0.2) is 5.43 Å². The fraction of sp³-hybridized carbons (Fsp3) is 0.0435. The molecule has 0 atom stereocenters. The first-order valence-corrected chi connectivity index (χ1v) is 11.0. The van der Waals surface area contributed by atoms with E-state index in [1.165, 1.54) is 18.0 Å². The second kappa shape index (κ2) is 10.1. The fourth-order valence-corrected chi connectivity index (χ4v) is 3.85. The number of hydrogen-bond donors (Lipinski definition) is 3. The summed E-state index contributed by atoms with van der Waals surface area (Å²) >= 11 is 7.34. The number of aromatic nitrogens is 3. The number of phenols is 1. The van der Waals surface area contributed by atoms with Gasteiger partial charge in [0.15, 0.2) is 0 Å². The third-order valence-corrected chi connectivity index (χ3v) is 5.60. The lowest BCUT2D eigenvalue weighted by Gasteiger charge is -2.04. The van der Waals surface area contributed by atoms with Gasteiger partial charge in [-0.3, -0.25) is 4.79 Å². The van der Waals surface area contributed by atoms with E-state index in [9.17, 15) is 9.90 Å². The number of H-pyrrole nitrogens is 1. The van der Waals surface area contributed by atoms with Crippen molar-refractivity contribution in [3.8, 4) is 22.8 Å². The molecule has 3 N–H and O–H groups in total. The van der Waals surface area contributed by atoms with E-state index in [1.807, 2.05) is 59.2 Å². The van der Waals surface area contributed by atoms with E-state index in [0.29, 0.717) is 15.7 Å². The molecule has 1 aromatic heterocycles. The molecule has 0 aliphatic rings. The number of aromatic amines is 1. The zero-order valence-electron chi connectivity index (χ0n) is 16.8. The molecular formula is C23H19ClN5O2S+. The molecule has 9 heteroatoms. The summed E-state index contributed by atoms with van der Waals surface area (Å²) in [6.45, 7) is 0. The van der Waals surface area contributed by atoms with Gasteiger partial charge in [-0.1, -0.05) is 41.9 Å². The number of carbonyl (C=O) groups is 1. The van der Waals surface area contributed by atoms with Crippen LogP contribution in [0.1, 0.15) is 5.56 Å². The molecule has 0 spiro atoms. The van der Waals surface area contributed by atoms with Crippen molar-refractivity contribution in [1.29, 1.82) is 0 Å². The van der Waals surface area contributed by atoms with Crippen LogP contribution in [-0.2, 0) is 4.79 Å².